The maximum atomic E-state index is 14.8. The topological polar surface area (TPSA) is 9.23 Å². The van der Waals surface area contributed by atoms with Gasteiger partial charge in [-0.3, -0.25) is 0 Å². The van der Waals surface area contributed by atoms with Gasteiger partial charge in [-0.1, -0.05) is 54.1 Å². The molecule has 0 aliphatic heterocycles. The molecular formula is C31H32F4O. The highest BCUT2D eigenvalue weighted by Gasteiger charge is 2.27. The molecule has 0 spiro atoms. The molecule has 1 aliphatic carbocycles. The summed E-state index contributed by atoms with van der Waals surface area (Å²) in [7, 11) is 0. The predicted octanol–water partition coefficient (Wildman–Crippen LogP) is 9.08. The Balaban J connectivity index is 1.34. The van der Waals surface area contributed by atoms with Crippen LogP contribution in [-0.2, 0) is 6.42 Å². The number of aryl methyl sites for hydroxylation is 2. The molecule has 4 rings (SSSR count). The van der Waals surface area contributed by atoms with Crippen molar-refractivity contribution in [3.05, 3.63) is 101 Å². The summed E-state index contributed by atoms with van der Waals surface area (Å²) in [5.41, 5.74) is 2.75. The number of halogens is 4. The number of hydrogen-bond donors (Lipinski definition) is 0. The minimum Gasteiger partial charge on any atom is -0.490 e. The lowest BCUT2D eigenvalue weighted by molar-refractivity contribution is 0.291. The molecule has 0 radical (unpaired) electrons. The van der Waals surface area contributed by atoms with Crippen molar-refractivity contribution in [3.63, 3.8) is 0 Å². The summed E-state index contributed by atoms with van der Waals surface area (Å²) >= 11 is 0. The molecule has 0 bridgehead atoms. The van der Waals surface area contributed by atoms with Crippen LogP contribution in [0.5, 0.6) is 5.75 Å². The van der Waals surface area contributed by atoms with Gasteiger partial charge in [0.05, 0.1) is 6.61 Å². The molecule has 3 aromatic rings. The van der Waals surface area contributed by atoms with E-state index in [0.717, 1.165) is 37.7 Å². The minimum atomic E-state index is -0.940. The van der Waals surface area contributed by atoms with Crippen LogP contribution in [0, 0.1) is 36.1 Å². The fourth-order valence-corrected chi connectivity index (χ4v) is 5.09. The first-order valence-corrected chi connectivity index (χ1v) is 12.6. The maximum absolute atomic E-state index is 14.8. The third kappa shape index (κ3) is 5.83. The second-order valence-corrected chi connectivity index (χ2v) is 9.73. The van der Waals surface area contributed by atoms with E-state index in [9.17, 15) is 17.6 Å². The van der Waals surface area contributed by atoms with Crippen LogP contribution in [0.25, 0.3) is 11.1 Å². The van der Waals surface area contributed by atoms with E-state index in [1.807, 2.05) is 19.1 Å². The van der Waals surface area contributed by atoms with Crippen LogP contribution in [0.1, 0.15) is 61.1 Å². The Bertz CT molecular complexity index is 1190. The molecule has 1 fully saturated rings. The van der Waals surface area contributed by atoms with Gasteiger partial charge < -0.3 is 4.74 Å². The van der Waals surface area contributed by atoms with Gasteiger partial charge in [0, 0.05) is 5.56 Å². The van der Waals surface area contributed by atoms with E-state index >= 15 is 0 Å². The van der Waals surface area contributed by atoms with E-state index < -0.39 is 23.3 Å². The van der Waals surface area contributed by atoms with Crippen molar-refractivity contribution < 1.29 is 22.3 Å². The fourth-order valence-electron chi connectivity index (χ4n) is 5.09. The summed E-state index contributed by atoms with van der Waals surface area (Å²) in [6, 6.07) is 13.8. The quantitative estimate of drug-likeness (QED) is 0.163. The number of rotatable bonds is 9. The first kappa shape index (κ1) is 26.0. The fraction of sp³-hybridized carbons (Fsp3) is 0.355. The first-order valence-electron chi connectivity index (χ1n) is 12.6. The lowest BCUT2D eigenvalue weighted by atomic mass is 9.76. The van der Waals surface area contributed by atoms with Crippen LogP contribution in [0.4, 0.5) is 17.6 Å². The van der Waals surface area contributed by atoms with Crippen LogP contribution in [0.15, 0.2) is 61.2 Å². The van der Waals surface area contributed by atoms with Gasteiger partial charge in [0.15, 0.2) is 23.2 Å². The number of hydrogen-bond acceptors (Lipinski definition) is 1. The molecule has 0 aromatic heterocycles. The van der Waals surface area contributed by atoms with E-state index in [-0.39, 0.29) is 23.8 Å². The average molecular weight is 497 g/mol. The molecule has 0 unspecified atom stereocenters. The van der Waals surface area contributed by atoms with E-state index in [0.29, 0.717) is 35.4 Å². The summed E-state index contributed by atoms with van der Waals surface area (Å²) in [6.45, 7) is 5.79. The Kier molecular flexibility index (Phi) is 8.50. The Morgan fingerprint density at radius 1 is 0.833 bits per heavy atom. The minimum absolute atomic E-state index is 0.0547. The normalized spacial score (nSPS) is 17.7. The number of benzene rings is 3. The lowest BCUT2D eigenvalue weighted by Crippen LogP contribution is -2.16. The Labute approximate surface area is 210 Å². The molecule has 1 saturated carbocycles. The van der Waals surface area contributed by atoms with Gasteiger partial charge in [-0.05, 0) is 86.5 Å². The molecule has 0 saturated heterocycles. The van der Waals surface area contributed by atoms with Crippen molar-refractivity contribution >= 4 is 0 Å². The average Bonchev–Trinajstić information content (AvgIpc) is 2.89. The molecule has 5 heteroatoms. The third-order valence-corrected chi connectivity index (χ3v) is 7.29. The number of ether oxygens (including phenoxy) is 1. The van der Waals surface area contributed by atoms with Crippen LogP contribution in [-0.4, -0.2) is 6.61 Å². The van der Waals surface area contributed by atoms with Gasteiger partial charge in [-0.2, -0.15) is 4.39 Å². The van der Waals surface area contributed by atoms with E-state index in [1.165, 1.54) is 6.07 Å². The van der Waals surface area contributed by atoms with Gasteiger partial charge in [-0.25, -0.2) is 13.2 Å². The summed E-state index contributed by atoms with van der Waals surface area (Å²) < 4.78 is 64.1. The van der Waals surface area contributed by atoms with Gasteiger partial charge in [0.25, 0.3) is 0 Å². The SMILES string of the molecule is C=CCCOc1ccc(C2CCC(CCc3ccc(-c4ccc(C)cc4)c(F)c3F)CC2)c(F)c1F. The molecule has 36 heavy (non-hydrogen) atoms. The second-order valence-electron chi connectivity index (χ2n) is 9.73. The third-order valence-electron chi connectivity index (χ3n) is 7.29. The lowest BCUT2D eigenvalue weighted by Gasteiger charge is -2.29. The van der Waals surface area contributed by atoms with E-state index in [2.05, 4.69) is 6.58 Å². The van der Waals surface area contributed by atoms with Gasteiger partial charge in [0.1, 0.15) is 0 Å². The highest BCUT2D eigenvalue weighted by Crippen LogP contribution is 2.40. The Morgan fingerprint density at radius 2 is 1.56 bits per heavy atom. The largest absolute Gasteiger partial charge is 0.490 e. The monoisotopic (exact) mass is 496 g/mol. The van der Waals surface area contributed by atoms with E-state index in [4.69, 9.17) is 4.74 Å². The first-order chi connectivity index (χ1) is 17.4. The van der Waals surface area contributed by atoms with Crippen molar-refractivity contribution in [2.75, 3.05) is 6.61 Å². The zero-order valence-electron chi connectivity index (χ0n) is 20.6. The molecule has 0 N–H and O–H groups in total. The second kappa shape index (κ2) is 11.8. The molecular weight excluding hydrogens is 464 g/mol. The highest BCUT2D eigenvalue weighted by atomic mass is 19.2. The van der Waals surface area contributed by atoms with E-state index in [1.54, 1.807) is 36.4 Å². The molecule has 0 heterocycles. The molecule has 0 atom stereocenters. The molecule has 3 aromatic carbocycles. The smallest absolute Gasteiger partial charge is 0.200 e. The van der Waals surface area contributed by atoms with Gasteiger partial charge >= 0.3 is 0 Å². The molecule has 1 aliphatic rings. The van der Waals surface area contributed by atoms with Crippen LogP contribution in [0.3, 0.4) is 0 Å². The van der Waals surface area contributed by atoms with Gasteiger partial charge in [-0.15, -0.1) is 6.58 Å². The van der Waals surface area contributed by atoms with Crippen molar-refractivity contribution in [1.29, 1.82) is 0 Å². The van der Waals surface area contributed by atoms with Crippen LogP contribution in [0.2, 0.25) is 0 Å². The summed E-state index contributed by atoms with van der Waals surface area (Å²) in [4.78, 5) is 0. The van der Waals surface area contributed by atoms with Crippen molar-refractivity contribution in [2.24, 2.45) is 5.92 Å². The molecule has 1 nitrogen and oxygen atoms in total. The predicted molar refractivity (Wildman–Crippen MR) is 136 cm³/mol. The van der Waals surface area contributed by atoms with Crippen molar-refractivity contribution in [1.82, 2.24) is 0 Å². The zero-order chi connectivity index (χ0) is 25.7. The van der Waals surface area contributed by atoms with Crippen molar-refractivity contribution in [2.45, 2.75) is 57.8 Å². The van der Waals surface area contributed by atoms with Crippen LogP contribution >= 0.6 is 0 Å². The Hall–Kier alpha value is -3.08. The standard InChI is InChI=1S/C31H32F4O/c1-3-4-19-36-27-18-17-26(30(34)31(27)35)23-12-7-21(8-13-23)9-14-24-15-16-25(29(33)28(24)32)22-10-5-20(2)6-11-22/h3,5-6,10-11,15-18,21,23H,1,4,7-9,12-14,19H2,2H3. The maximum Gasteiger partial charge on any atom is 0.200 e. The van der Waals surface area contributed by atoms with Crippen LogP contribution < -0.4 is 4.74 Å². The summed E-state index contributed by atoms with van der Waals surface area (Å²) in [5, 5.41) is 0. The molecule has 0 amide bonds. The summed E-state index contributed by atoms with van der Waals surface area (Å²) in [5.74, 6) is -3.15. The van der Waals surface area contributed by atoms with Crippen molar-refractivity contribution in [3.8, 4) is 16.9 Å². The van der Waals surface area contributed by atoms with Gasteiger partial charge in [0.2, 0.25) is 5.82 Å². The molecule has 190 valence electrons. The summed E-state index contributed by atoms with van der Waals surface area (Å²) in [6.07, 6.45) is 6.56. The zero-order valence-corrected chi connectivity index (χ0v) is 20.6. The highest BCUT2D eigenvalue weighted by molar-refractivity contribution is 5.65. The Morgan fingerprint density at radius 3 is 2.25 bits per heavy atom.